The summed E-state index contributed by atoms with van der Waals surface area (Å²) >= 11 is 3.11. The average molecular weight is 388 g/mol. The van der Waals surface area contributed by atoms with Gasteiger partial charge in [0, 0.05) is 23.1 Å². The molecule has 2 aliphatic heterocycles. The Morgan fingerprint density at radius 2 is 2.15 bits per heavy atom. The minimum Gasteiger partial charge on any atom is -0.315 e. The van der Waals surface area contributed by atoms with Crippen molar-refractivity contribution in [3.8, 4) is 11.3 Å². The number of thioether (sulfide) groups is 1. The second kappa shape index (κ2) is 6.70. The van der Waals surface area contributed by atoms with Crippen molar-refractivity contribution in [2.45, 2.75) is 44.0 Å². The fraction of sp³-hybridized carbons (Fsp3) is 0.421. The highest BCUT2D eigenvalue weighted by molar-refractivity contribution is 8.01. The van der Waals surface area contributed by atoms with Crippen LogP contribution in [-0.2, 0) is 16.0 Å². The van der Waals surface area contributed by atoms with Crippen molar-refractivity contribution in [2.24, 2.45) is 0 Å². The van der Waals surface area contributed by atoms with Crippen molar-refractivity contribution >= 4 is 40.0 Å². The van der Waals surface area contributed by atoms with Gasteiger partial charge in [0.15, 0.2) is 5.13 Å². The number of hydrogen-bond acceptors (Lipinski definition) is 5. The number of carbonyl (C=O) groups excluding carboxylic acids is 2. The van der Waals surface area contributed by atoms with Crippen molar-refractivity contribution in [1.29, 1.82) is 0 Å². The Balaban J connectivity index is 1.47. The first-order valence-electron chi connectivity index (χ1n) is 8.82. The molecule has 4 rings (SSSR count). The van der Waals surface area contributed by atoms with Crippen LogP contribution in [0, 0.1) is 0 Å². The number of amides is 2. The lowest BCUT2D eigenvalue weighted by molar-refractivity contribution is -0.135. The van der Waals surface area contributed by atoms with Crippen molar-refractivity contribution in [3.05, 3.63) is 35.2 Å². The maximum atomic E-state index is 12.7. The van der Waals surface area contributed by atoms with E-state index in [9.17, 15) is 9.59 Å². The summed E-state index contributed by atoms with van der Waals surface area (Å²) in [6, 6.07) is 7.91. The highest BCUT2D eigenvalue weighted by atomic mass is 32.2. The molecule has 2 saturated heterocycles. The number of carbonyl (C=O) groups is 2. The van der Waals surface area contributed by atoms with Crippen molar-refractivity contribution < 1.29 is 9.59 Å². The van der Waals surface area contributed by atoms with Gasteiger partial charge in [0.2, 0.25) is 11.8 Å². The number of anilines is 1. The summed E-state index contributed by atoms with van der Waals surface area (Å²) in [5, 5.41) is 5.44. The molecule has 1 aromatic heterocycles. The van der Waals surface area contributed by atoms with Crippen LogP contribution in [0.2, 0.25) is 0 Å². The van der Waals surface area contributed by atoms with Gasteiger partial charge in [-0.2, -0.15) is 0 Å². The first-order valence-corrected chi connectivity index (χ1v) is 10.7. The number of benzene rings is 1. The van der Waals surface area contributed by atoms with Crippen LogP contribution >= 0.6 is 23.1 Å². The summed E-state index contributed by atoms with van der Waals surface area (Å²) < 4.78 is 0. The average Bonchev–Trinajstić information content (AvgIpc) is 3.31. The van der Waals surface area contributed by atoms with E-state index in [2.05, 4.69) is 48.4 Å². The molecular weight excluding hydrogens is 366 g/mol. The molecule has 0 aliphatic carbocycles. The van der Waals surface area contributed by atoms with Gasteiger partial charge in [-0.15, -0.1) is 23.1 Å². The molecule has 2 amide bonds. The third-order valence-corrected chi connectivity index (χ3v) is 7.40. The Morgan fingerprint density at radius 1 is 1.38 bits per heavy atom. The van der Waals surface area contributed by atoms with Crippen LogP contribution in [0.25, 0.3) is 11.3 Å². The number of nitrogens with one attached hydrogen (secondary N) is 1. The Morgan fingerprint density at radius 3 is 2.88 bits per heavy atom. The molecule has 0 radical (unpaired) electrons. The van der Waals surface area contributed by atoms with Gasteiger partial charge in [-0.3, -0.25) is 9.59 Å². The van der Waals surface area contributed by atoms with Crippen molar-refractivity contribution in [2.75, 3.05) is 11.1 Å². The molecule has 2 aromatic rings. The monoisotopic (exact) mass is 387 g/mol. The number of aromatic nitrogens is 1. The fourth-order valence-electron chi connectivity index (χ4n) is 3.58. The molecular formula is C19H21N3O2S2. The van der Waals surface area contributed by atoms with Gasteiger partial charge in [-0.1, -0.05) is 31.2 Å². The largest absolute Gasteiger partial charge is 0.315 e. The molecule has 7 heteroatoms. The Kier molecular flexibility index (Phi) is 4.52. The molecule has 1 N–H and O–H groups in total. The highest BCUT2D eigenvalue weighted by Gasteiger charge is 2.52. The van der Waals surface area contributed by atoms with E-state index in [0.29, 0.717) is 17.3 Å². The molecule has 2 fully saturated rings. The Labute approximate surface area is 161 Å². The van der Waals surface area contributed by atoms with E-state index in [0.717, 1.165) is 24.1 Å². The third kappa shape index (κ3) is 3.03. The molecule has 2 aliphatic rings. The minimum absolute atomic E-state index is 0.0773. The number of hydrogen-bond donors (Lipinski definition) is 1. The second-order valence-electron chi connectivity index (χ2n) is 6.84. The van der Waals surface area contributed by atoms with Crippen LogP contribution in [0.1, 0.15) is 32.3 Å². The van der Waals surface area contributed by atoms with Crippen LogP contribution in [0.5, 0.6) is 0 Å². The lowest BCUT2D eigenvalue weighted by atomic mass is 10.1. The van der Waals surface area contributed by atoms with Crippen molar-refractivity contribution in [1.82, 2.24) is 9.88 Å². The SMILES string of the molecule is CCc1ccc(-c2csc(NC(=O)[C@@H]3CS[C@]4(C)CCC(=O)N34)n2)cc1. The summed E-state index contributed by atoms with van der Waals surface area (Å²) in [4.78, 5) is 31.0. The van der Waals surface area contributed by atoms with Crippen LogP contribution < -0.4 is 5.32 Å². The zero-order valence-corrected chi connectivity index (χ0v) is 16.5. The van der Waals surface area contributed by atoms with E-state index in [4.69, 9.17) is 0 Å². The molecule has 0 spiro atoms. The van der Waals surface area contributed by atoms with Crippen LogP contribution in [0.3, 0.4) is 0 Å². The third-order valence-electron chi connectivity index (χ3n) is 5.14. The van der Waals surface area contributed by atoms with Crippen LogP contribution in [0.15, 0.2) is 29.6 Å². The molecule has 26 heavy (non-hydrogen) atoms. The molecule has 5 nitrogen and oxygen atoms in total. The van der Waals surface area contributed by atoms with Gasteiger partial charge < -0.3 is 10.2 Å². The zero-order chi connectivity index (χ0) is 18.3. The van der Waals surface area contributed by atoms with E-state index in [1.165, 1.54) is 16.9 Å². The smallest absolute Gasteiger partial charge is 0.249 e. The molecule has 3 heterocycles. The maximum Gasteiger partial charge on any atom is 0.249 e. The Hall–Kier alpha value is -1.86. The van der Waals surface area contributed by atoms with Gasteiger partial charge in [0.1, 0.15) is 6.04 Å². The van der Waals surface area contributed by atoms with E-state index in [-0.39, 0.29) is 16.7 Å². The molecule has 2 atom stereocenters. The molecule has 0 saturated carbocycles. The molecule has 0 bridgehead atoms. The topological polar surface area (TPSA) is 62.3 Å². The normalized spacial score (nSPS) is 24.8. The van der Waals surface area contributed by atoms with Crippen LogP contribution in [0.4, 0.5) is 5.13 Å². The summed E-state index contributed by atoms with van der Waals surface area (Å²) in [5.74, 6) is 0.581. The van der Waals surface area contributed by atoms with Gasteiger partial charge in [0.25, 0.3) is 0 Å². The van der Waals surface area contributed by atoms with E-state index in [1.807, 2.05) is 5.38 Å². The molecule has 136 valence electrons. The number of nitrogens with zero attached hydrogens (tertiary/aromatic N) is 2. The minimum atomic E-state index is -0.406. The predicted molar refractivity (Wildman–Crippen MR) is 106 cm³/mol. The van der Waals surface area contributed by atoms with E-state index >= 15 is 0 Å². The quantitative estimate of drug-likeness (QED) is 0.868. The number of thiazole rings is 1. The fourth-order valence-corrected chi connectivity index (χ4v) is 5.73. The zero-order valence-electron chi connectivity index (χ0n) is 14.8. The summed E-state index contributed by atoms with van der Waals surface area (Å²) in [6.45, 7) is 4.18. The molecule has 1 aromatic carbocycles. The number of aryl methyl sites for hydroxylation is 1. The van der Waals surface area contributed by atoms with E-state index in [1.54, 1.807) is 16.7 Å². The van der Waals surface area contributed by atoms with Crippen LogP contribution in [-0.4, -0.2) is 38.4 Å². The first-order chi connectivity index (χ1) is 12.5. The van der Waals surface area contributed by atoms with Gasteiger partial charge in [0.05, 0.1) is 10.6 Å². The predicted octanol–water partition coefficient (Wildman–Crippen LogP) is 3.77. The van der Waals surface area contributed by atoms with Gasteiger partial charge in [-0.25, -0.2) is 4.98 Å². The number of rotatable bonds is 4. The highest BCUT2D eigenvalue weighted by Crippen LogP contribution is 2.47. The summed E-state index contributed by atoms with van der Waals surface area (Å²) in [7, 11) is 0. The summed E-state index contributed by atoms with van der Waals surface area (Å²) in [5.41, 5.74) is 3.18. The second-order valence-corrected chi connectivity index (χ2v) is 9.20. The first kappa shape index (κ1) is 17.5. The number of fused-ring (bicyclic) bond motifs is 1. The van der Waals surface area contributed by atoms with Gasteiger partial charge in [-0.05, 0) is 25.3 Å². The molecule has 0 unspecified atom stereocenters. The van der Waals surface area contributed by atoms with Gasteiger partial charge >= 0.3 is 0 Å². The van der Waals surface area contributed by atoms with Crippen molar-refractivity contribution in [3.63, 3.8) is 0 Å². The lowest BCUT2D eigenvalue weighted by Crippen LogP contribution is -2.48. The summed E-state index contributed by atoms with van der Waals surface area (Å²) in [6.07, 6.45) is 2.35. The maximum absolute atomic E-state index is 12.7. The Bertz CT molecular complexity index is 849. The lowest BCUT2D eigenvalue weighted by Gasteiger charge is -2.29. The van der Waals surface area contributed by atoms with E-state index < -0.39 is 6.04 Å². The standard InChI is InChI=1S/C19H21N3O2S2/c1-3-12-4-6-13(7-5-12)14-10-25-18(20-14)21-17(24)15-11-26-19(2)9-8-16(23)22(15)19/h4-7,10,15H,3,8-9,11H2,1-2H3,(H,20,21,24)/t15-,19+/m0/s1.